The minimum absolute atomic E-state index is 0.176. The topological polar surface area (TPSA) is 32.3 Å². The first-order chi connectivity index (χ1) is 8.22. The van der Waals surface area contributed by atoms with E-state index in [4.69, 9.17) is 0 Å². The summed E-state index contributed by atoms with van der Waals surface area (Å²) < 4.78 is 0. The minimum Gasteiger partial charge on any atom is -0.345 e. The van der Waals surface area contributed by atoms with Crippen molar-refractivity contribution in [3.8, 4) is 0 Å². The van der Waals surface area contributed by atoms with Crippen LogP contribution in [0.5, 0.6) is 0 Å². The number of aryl methyl sites for hydroxylation is 1. The van der Waals surface area contributed by atoms with E-state index in [9.17, 15) is 4.79 Å². The van der Waals surface area contributed by atoms with Gasteiger partial charge >= 0.3 is 0 Å². The summed E-state index contributed by atoms with van der Waals surface area (Å²) in [6.07, 6.45) is 3.57. The second-order valence-corrected chi connectivity index (χ2v) is 5.53. The molecule has 1 aromatic heterocycles. The molecule has 3 nitrogen and oxygen atoms in total. The van der Waals surface area contributed by atoms with Gasteiger partial charge in [0.15, 0.2) is 0 Å². The van der Waals surface area contributed by atoms with Crippen LogP contribution in [0.3, 0.4) is 0 Å². The molecule has 17 heavy (non-hydrogen) atoms. The van der Waals surface area contributed by atoms with Crippen LogP contribution in [0.4, 0.5) is 0 Å². The molecule has 0 saturated carbocycles. The molecule has 4 heteroatoms. The Balaban J connectivity index is 1.91. The molecule has 0 aliphatic heterocycles. The van der Waals surface area contributed by atoms with Crippen LogP contribution in [-0.2, 0) is 11.2 Å². The normalized spacial score (nSPS) is 18.8. The van der Waals surface area contributed by atoms with E-state index in [1.54, 1.807) is 4.90 Å². The number of nitrogens with one attached hydrogen (secondary N) is 1. The van der Waals surface area contributed by atoms with Crippen LogP contribution in [0.15, 0.2) is 11.4 Å². The van der Waals surface area contributed by atoms with E-state index in [-0.39, 0.29) is 5.91 Å². The molecule has 0 aromatic carbocycles. The average molecular weight is 252 g/mol. The molecule has 1 unspecified atom stereocenters. The van der Waals surface area contributed by atoms with Gasteiger partial charge in [0.25, 0.3) is 0 Å². The molecule has 1 aliphatic rings. The predicted molar refractivity (Wildman–Crippen MR) is 71.3 cm³/mol. The molecular formula is C13H20N2OS. The maximum absolute atomic E-state index is 11.7. The third kappa shape index (κ3) is 2.87. The van der Waals surface area contributed by atoms with Gasteiger partial charge in [-0.15, -0.1) is 11.3 Å². The van der Waals surface area contributed by atoms with Gasteiger partial charge < -0.3 is 10.2 Å². The molecule has 1 heterocycles. The van der Waals surface area contributed by atoms with E-state index in [0.717, 1.165) is 13.0 Å². The standard InChI is InChI=1S/C13H20N2OS/c1-3-15(2)13(16)9-14-11-5-4-6-12-10(11)7-8-17-12/h7-8,11,14H,3-6,9H2,1-2H3. The van der Waals surface area contributed by atoms with Gasteiger partial charge in [0.05, 0.1) is 6.54 Å². The molecule has 0 spiro atoms. The van der Waals surface area contributed by atoms with E-state index in [1.165, 1.54) is 23.3 Å². The lowest BCUT2D eigenvalue weighted by Gasteiger charge is -2.24. The van der Waals surface area contributed by atoms with Crippen molar-refractivity contribution in [2.24, 2.45) is 0 Å². The van der Waals surface area contributed by atoms with Crippen molar-refractivity contribution in [1.29, 1.82) is 0 Å². The number of hydrogen-bond donors (Lipinski definition) is 1. The van der Waals surface area contributed by atoms with Crippen molar-refractivity contribution >= 4 is 17.2 Å². The number of likely N-dealkylation sites (N-methyl/N-ethyl adjacent to an activating group) is 1. The summed E-state index contributed by atoms with van der Waals surface area (Å²) in [4.78, 5) is 15.0. The molecule has 94 valence electrons. The lowest BCUT2D eigenvalue weighted by atomic mass is 9.94. The number of hydrogen-bond acceptors (Lipinski definition) is 3. The monoisotopic (exact) mass is 252 g/mol. The fourth-order valence-electron chi connectivity index (χ4n) is 2.22. The van der Waals surface area contributed by atoms with E-state index < -0.39 is 0 Å². The summed E-state index contributed by atoms with van der Waals surface area (Å²) in [6.45, 7) is 3.22. The molecule has 0 fully saturated rings. The summed E-state index contributed by atoms with van der Waals surface area (Å²) in [5.74, 6) is 0.176. The number of nitrogens with zero attached hydrogens (tertiary/aromatic N) is 1. The second-order valence-electron chi connectivity index (χ2n) is 4.53. The number of amides is 1. The summed E-state index contributed by atoms with van der Waals surface area (Å²) in [5, 5.41) is 5.55. The van der Waals surface area contributed by atoms with E-state index >= 15 is 0 Å². The molecule has 2 rings (SSSR count). The van der Waals surface area contributed by atoms with Crippen LogP contribution >= 0.6 is 11.3 Å². The van der Waals surface area contributed by atoms with Gasteiger partial charge in [-0.2, -0.15) is 0 Å². The van der Waals surface area contributed by atoms with Crippen LogP contribution < -0.4 is 5.32 Å². The molecule has 0 saturated heterocycles. The van der Waals surface area contributed by atoms with Crippen molar-refractivity contribution in [2.75, 3.05) is 20.1 Å². The molecular weight excluding hydrogens is 232 g/mol. The minimum atomic E-state index is 0.176. The Morgan fingerprint density at radius 2 is 2.47 bits per heavy atom. The molecule has 0 radical (unpaired) electrons. The van der Waals surface area contributed by atoms with Crippen LogP contribution in [0, 0.1) is 0 Å². The molecule has 1 amide bonds. The van der Waals surface area contributed by atoms with Crippen molar-refractivity contribution in [1.82, 2.24) is 10.2 Å². The highest BCUT2D eigenvalue weighted by molar-refractivity contribution is 7.10. The quantitative estimate of drug-likeness (QED) is 0.891. The molecule has 1 aliphatic carbocycles. The van der Waals surface area contributed by atoms with E-state index in [1.807, 2.05) is 25.3 Å². The largest absolute Gasteiger partial charge is 0.345 e. The maximum Gasteiger partial charge on any atom is 0.236 e. The van der Waals surface area contributed by atoms with Crippen LogP contribution in [0.25, 0.3) is 0 Å². The molecule has 1 N–H and O–H groups in total. The Kier molecular flexibility index (Phi) is 4.18. The molecule has 1 atom stereocenters. The Hall–Kier alpha value is -0.870. The Morgan fingerprint density at radius 3 is 3.24 bits per heavy atom. The summed E-state index contributed by atoms with van der Waals surface area (Å²) in [6, 6.07) is 2.57. The summed E-state index contributed by atoms with van der Waals surface area (Å²) in [7, 11) is 1.85. The van der Waals surface area contributed by atoms with Crippen LogP contribution in [0.2, 0.25) is 0 Å². The molecule has 0 bridgehead atoms. The first-order valence-corrected chi connectivity index (χ1v) is 7.14. The second kappa shape index (κ2) is 5.65. The third-order valence-electron chi connectivity index (χ3n) is 3.45. The maximum atomic E-state index is 11.7. The van der Waals surface area contributed by atoms with Gasteiger partial charge in [-0.3, -0.25) is 4.79 Å². The van der Waals surface area contributed by atoms with Gasteiger partial charge in [-0.1, -0.05) is 0 Å². The van der Waals surface area contributed by atoms with Crippen molar-refractivity contribution in [2.45, 2.75) is 32.2 Å². The number of thiophene rings is 1. The fourth-order valence-corrected chi connectivity index (χ4v) is 3.21. The average Bonchev–Trinajstić information content (AvgIpc) is 2.83. The number of carbonyl (C=O) groups is 1. The van der Waals surface area contributed by atoms with Crippen molar-refractivity contribution < 1.29 is 4.79 Å². The van der Waals surface area contributed by atoms with Crippen molar-refractivity contribution in [3.05, 3.63) is 21.9 Å². The first kappa shape index (κ1) is 12.6. The van der Waals surface area contributed by atoms with Gasteiger partial charge in [-0.25, -0.2) is 0 Å². The highest BCUT2D eigenvalue weighted by atomic mass is 32.1. The van der Waals surface area contributed by atoms with Crippen molar-refractivity contribution in [3.63, 3.8) is 0 Å². The zero-order valence-corrected chi connectivity index (χ0v) is 11.3. The van der Waals surface area contributed by atoms with Crippen LogP contribution in [0.1, 0.15) is 36.2 Å². The molecule has 1 aromatic rings. The highest BCUT2D eigenvalue weighted by Crippen LogP contribution is 2.32. The lowest BCUT2D eigenvalue weighted by Crippen LogP contribution is -2.37. The smallest absolute Gasteiger partial charge is 0.236 e. The van der Waals surface area contributed by atoms with E-state index in [0.29, 0.717) is 12.6 Å². The van der Waals surface area contributed by atoms with E-state index in [2.05, 4.69) is 16.8 Å². The van der Waals surface area contributed by atoms with Gasteiger partial charge in [-0.05, 0) is 43.2 Å². The highest BCUT2D eigenvalue weighted by Gasteiger charge is 2.21. The van der Waals surface area contributed by atoms with Crippen LogP contribution in [-0.4, -0.2) is 30.9 Å². The fraction of sp³-hybridized carbons (Fsp3) is 0.615. The Bertz CT molecular complexity index is 389. The lowest BCUT2D eigenvalue weighted by molar-refractivity contribution is -0.128. The zero-order valence-electron chi connectivity index (χ0n) is 10.5. The number of rotatable bonds is 4. The Morgan fingerprint density at radius 1 is 1.65 bits per heavy atom. The first-order valence-electron chi connectivity index (χ1n) is 6.26. The number of carbonyl (C=O) groups excluding carboxylic acids is 1. The third-order valence-corrected chi connectivity index (χ3v) is 4.45. The van der Waals surface area contributed by atoms with Gasteiger partial charge in [0.2, 0.25) is 5.91 Å². The predicted octanol–water partition coefficient (Wildman–Crippen LogP) is 2.19. The Labute approximate surface area is 107 Å². The zero-order chi connectivity index (χ0) is 12.3. The SMILES string of the molecule is CCN(C)C(=O)CNC1CCCc2sccc21. The van der Waals surface area contributed by atoms with Gasteiger partial charge in [0, 0.05) is 24.5 Å². The summed E-state index contributed by atoms with van der Waals surface area (Å²) >= 11 is 1.84. The van der Waals surface area contributed by atoms with Gasteiger partial charge in [0.1, 0.15) is 0 Å². The summed E-state index contributed by atoms with van der Waals surface area (Å²) in [5.41, 5.74) is 1.41. The number of fused-ring (bicyclic) bond motifs is 1.